The van der Waals surface area contributed by atoms with Crippen LogP contribution >= 0.6 is 0 Å². The van der Waals surface area contributed by atoms with Gasteiger partial charge in [0, 0.05) is 18.2 Å². The van der Waals surface area contributed by atoms with Gasteiger partial charge >= 0.3 is 0 Å². The fourth-order valence-electron chi connectivity index (χ4n) is 3.26. The lowest BCUT2D eigenvalue weighted by Gasteiger charge is -2.16. The molecule has 1 aliphatic carbocycles. The van der Waals surface area contributed by atoms with Crippen molar-refractivity contribution in [3.8, 4) is 11.3 Å². The Bertz CT molecular complexity index is 958. The van der Waals surface area contributed by atoms with Crippen molar-refractivity contribution in [2.75, 3.05) is 6.54 Å². The molecule has 1 atom stereocenters. The fourth-order valence-corrected chi connectivity index (χ4v) is 3.26. The van der Waals surface area contributed by atoms with Crippen molar-refractivity contribution < 1.29 is 9.32 Å². The SMILES string of the molecule is Cc1ccc(-c2cc(C(=O)NC(CN)C3CC3)c3c(C)noc3n2)cc1. The van der Waals surface area contributed by atoms with Crippen LogP contribution in [0.2, 0.25) is 0 Å². The largest absolute Gasteiger partial charge is 0.348 e. The number of hydrogen-bond acceptors (Lipinski definition) is 5. The van der Waals surface area contributed by atoms with E-state index in [1.54, 1.807) is 0 Å². The standard InChI is InChI=1S/C20H22N4O2/c1-11-3-5-13(6-4-11)16-9-15(18-12(2)24-26-20(18)23-16)19(25)22-17(10-21)14-7-8-14/h3-6,9,14,17H,7-8,10,21H2,1-2H3,(H,22,25). The zero-order chi connectivity index (χ0) is 18.3. The van der Waals surface area contributed by atoms with E-state index in [9.17, 15) is 4.79 Å². The van der Waals surface area contributed by atoms with Crippen molar-refractivity contribution >= 4 is 17.0 Å². The molecule has 0 bridgehead atoms. The number of nitrogens with two attached hydrogens (primary N) is 1. The number of pyridine rings is 1. The van der Waals surface area contributed by atoms with E-state index in [1.807, 2.05) is 44.2 Å². The number of aryl methyl sites for hydroxylation is 2. The van der Waals surface area contributed by atoms with Gasteiger partial charge in [0.15, 0.2) is 0 Å². The van der Waals surface area contributed by atoms with Gasteiger partial charge in [-0.2, -0.15) is 0 Å². The molecule has 6 nitrogen and oxygen atoms in total. The summed E-state index contributed by atoms with van der Waals surface area (Å²) in [5, 5.41) is 7.73. The van der Waals surface area contributed by atoms with Gasteiger partial charge in [-0.15, -0.1) is 0 Å². The van der Waals surface area contributed by atoms with Crippen LogP contribution in [0, 0.1) is 19.8 Å². The number of carbonyl (C=O) groups excluding carboxylic acids is 1. The molecule has 6 heteroatoms. The van der Waals surface area contributed by atoms with Gasteiger partial charge in [-0.3, -0.25) is 4.79 Å². The molecule has 0 spiro atoms. The Labute approximate surface area is 151 Å². The minimum Gasteiger partial charge on any atom is -0.348 e. The second-order valence-corrected chi connectivity index (χ2v) is 7.02. The summed E-state index contributed by atoms with van der Waals surface area (Å²) < 4.78 is 5.35. The molecular weight excluding hydrogens is 328 g/mol. The van der Waals surface area contributed by atoms with Crippen LogP contribution in [0.15, 0.2) is 34.9 Å². The Morgan fingerprint density at radius 2 is 2.04 bits per heavy atom. The average molecular weight is 350 g/mol. The molecule has 1 amide bonds. The minimum absolute atomic E-state index is 0.00806. The Hall–Kier alpha value is -2.73. The highest BCUT2D eigenvalue weighted by Crippen LogP contribution is 2.33. The first-order valence-electron chi connectivity index (χ1n) is 8.92. The minimum atomic E-state index is -0.153. The van der Waals surface area contributed by atoms with E-state index in [0.29, 0.717) is 40.5 Å². The van der Waals surface area contributed by atoms with Crippen LogP contribution in [-0.4, -0.2) is 28.6 Å². The maximum absolute atomic E-state index is 13.0. The van der Waals surface area contributed by atoms with E-state index in [2.05, 4.69) is 15.5 Å². The Morgan fingerprint density at radius 1 is 1.31 bits per heavy atom. The molecule has 4 rings (SSSR count). The third-order valence-corrected chi connectivity index (χ3v) is 4.97. The first-order chi connectivity index (χ1) is 12.6. The lowest BCUT2D eigenvalue weighted by atomic mass is 10.0. The molecule has 0 saturated heterocycles. The van der Waals surface area contributed by atoms with Crippen LogP contribution in [0.4, 0.5) is 0 Å². The third-order valence-electron chi connectivity index (χ3n) is 4.97. The highest BCUT2D eigenvalue weighted by atomic mass is 16.5. The summed E-state index contributed by atoms with van der Waals surface area (Å²) in [4.78, 5) is 17.5. The molecule has 2 aromatic heterocycles. The number of benzene rings is 1. The molecule has 1 aromatic carbocycles. The number of nitrogens with zero attached hydrogens (tertiary/aromatic N) is 2. The van der Waals surface area contributed by atoms with Crippen molar-refractivity contribution in [1.82, 2.24) is 15.5 Å². The summed E-state index contributed by atoms with van der Waals surface area (Å²) in [6.07, 6.45) is 2.24. The van der Waals surface area contributed by atoms with Gasteiger partial charge in [-0.25, -0.2) is 4.98 Å². The van der Waals surface area contributed by atoms with Gasteiger partial charge < -0.3 is 15.6 Å². The topological polar surface area (TPSA) is 94.0 Å². The number of hydrogen-bond donors (Lipinski definition) is 2. The molecule has 1 fully saturated rings. The van der Waals surface area contributed by atoms with Gasteiger partial charge in [-0.05, 0) is 38.7 Å². The molecule has 26 heavy (non-hydrogen) atoms. The van der Waals surface area contributed by atoms with Crippen molar-refractivity contribution in [3.05, 3.63) is 47.2 Å². The molecule has 0 radical (unpaired) electrons. The van der Waals surface area contributed by atoms with Gasteiger partial charge in [0.1, 0.15) is 0 Å². The number of amides is 1. The van der Waals surface area contributed by atoms with E-state index in [0.717, 1.165) is 18.4 Å². The summed E-state index contributed by atoms with van der Waals surface area (Å²) >= 11 is 0. The summed E-state index contributed by atoms with van der Waals surface area (Å²) in [6, 6.07) is 9.83. The van der Waals surface area contributed by atoms with Crippen LogP contribution in [-0.2, 0) is 0 Å². The molecule has 1 unspecified atom stereocenters. The summed E-state index contributed by atoms with van der Waals surface area (Å²) in [6.45, 7) is 4.29. The van der Waals surface area contributed by atoms with Crippen molar-refractivity contribution in [3.63, 3.8) is 0 Å². The Balaban J connectivity index is 1.77. The first-order valence-corrected chi connectivity index (χ1v) is 8.92. The molecule has 3 aromatic rings. The van der Waals surface area contributed by atoms with E-state index in [4.69, 9.17) is 10.3 Å². The first kappa shape index (κ1) is 16.7. The average Bonchev–Trinajstić information content (AvgIpc) is 3.42. The van der Waals surface area contributed by atoms with Crippen LogP contribution in [0.3, 0.4) is 0 Å². The number of rotatable bonds is 5. The van der Waals surface area contributed by atoms with Gasteiger partial charge in [-0.1, -0.05) is 35.0 Å². The van der Waals surface area contributed by atoms with Crippen LogP contribution in [0.5, 0.6) is 0 Å². The lowest BCUT2D eigenvalue weighted by Crippen LogP contribution is -2.41. The van der Waals surface area contributed by atoms with E-state index in [-0.39, 0.29) is 11.9 Å². The summed E-state index contributed by atoms with van der Waals surface area (Å²) in [7, 11) is 0. The van der Waals surface area contributed by atoms with Crippen LogP contribution in [0.25, 0.3) is 22.4 Å². The van der Waals surface area contributed by atoms with Gasteiger partial charge in [0.2, 0.25) is 0 Å². The predicted molar refractivity (Wildman–Crippen MR) is 99.7 cm³/mol. The normalized spacial score (nSPS) is 15.2. The van der Waals surface area contributed by atoms with E-state index in [1.165, 1.54) is 5.56 Å². The number of nitrogens with one attached hydrogen (secondary N) is 1. The van der Waals surface area contributed by atoms with Crippen LogP contribution in [0.1, 0.15) is 34.5 Å². The predicted octanol–water partition coefficient (Wildman–Crippen LogP) is 2.97. The molecule has 134 valence electrons. The maximum Gasteiger partial charge on any atom is 0.259 e. The van der Waals surface area contributed by atoms with Gasteiger partial charge in [0.05, 0.1) is 22.3 Å². The van der Waals surface area contributed by atoms with Crippen LogP contribution < -0.4 is 11.1 Å². The zero-order valence-electron chi connectivity index (χ0n) is 15.0. The second-order valence-electron chi connectivity index (χ2n) is 7.02. The van der Waals surface area contributed by atoms with Crippen molar-refractivity contribution in [2.45, 2.75) is 32.7 Å². The molecule has 2 heterocycles. The molecular formula is C20H22N4O2. The second kappa shape index (κ2) is 6.53. The Kier molecular flexibility index (Phi) is 4.20. The molecule has 1 aliphatic rings. The monoisotopic (exact) mass is 350 g/mol. The summed E-state index contributed by atoms with van der Waals surface area (Å²) in [5.41, 5.74) is 10.2. The number of carbonyl (C=O) groups is 1. The molecule has 3 N–H and O–H groups in total. The molecule has 0 aliphatic heterocycles. The highest BCUT2D eigenvalue weighted by Gasteiger charge is 2.32. The van der Waals surface area contributed by atoms with Gasteiger partial charge in [0.25, 0.3) is 11.6 Å². The number of fused-ring (bicyclic) bond motifs is 1. The van der Waals surface area contributed by atoms with E-state index >= 15 is 0 Å². The van der Waals surface area contributed by atoms with Crippen molar-refractivity contribution in [1.29, 1.82) is 0 Å². The summed E-state index contributed by atoms with van der Waals surface area (Å²) in [5.74, 6) is 0.334. The molecule has 1 saturated carbocycles. The van der Waals surface area contributed by atoms with E-state index < -0.39 is 0 Å². The highest BCUT2D eigenvalue weighted by molar-refractivity contribution is 6.07. The number of aromatic nitrogens is 2. The van der Waals surface area contributed by atoms with Crippen molar-refractivity contribution in [2.24, 2.45) is 11.7 Å². The quantitative estimate of drug-likeness (QED) is 0.738. The lowest BCUT2D eigenvalue weighted by molar-refractivity contribution is 0.0935. The maximum atomic E-state index is 13.0. The Morgan fingerprint density at radius 3 is 2.69 bits per heavy atom. The third kappa shape index (κ3) is 3.08. The fraction of sp³-hybridized carbons (Fsp3) is 0.350. The smallest absolute Gasteiger partial charge is 0.259 e. The zero-order valence-corrected chi connectivity index (χ0v) is 15.0.